The van der Waals surface area contributed by atoms with Crippen LogP contribution in [0.5, 0.6) is 0 Å². The van der Waals surface area contributed by atoms with Gasteiger partial charge in [-0.3, -0.25) is 16.7 Å². The molecule has 5 atom stereocenters. The summed E-state index contributed by atoms with van der Waals surface area (Å²) in [7, 11) is -29.8. The van der Waals surface area contributed by atoms with E-state index in [-0.39, 0.29) is 257 Å². The fourth-order valence-electron chi connectivity index (χ4n) is 2.09. The minimum atomic E-state index is -6.10. The van der Waals surface area contributed by atoms with Gasteiger partial charge in [0.05, 0.1) is 6.61 Å². The summed E-state index contributed by atoms with van der Waals surface area (Å²) >= 11 is 0. The minimum absolute atomic E-state index is 0. The van der Waals surface area contributed by atoms with Crippen LogP contribution in [0.2, 0.25) is 0 Å². The van der Waals surface area contributed by atoms with E-state index in [1.165, 1.54) is 0 Å². The Morgan fingerprint density at radius 3 is 1.14 bits per heavy atom. The first-order valence-corrected chi connectivity index (χ1v) is 13.4. The molecule has 37 heavy (non-hydrogen) atoms. The van der Waals surface area contributed by atoms with Crippen molar-refractivity contribution in [2.45, 2.75) is 30.7 Å². The molecule has 1 aliphatic rings. The Kier molecular flexibility index (Phi) is 32.4. The van der Waals surface area contributed by atoms with Crippen LogP contribution in [-0.4, -0.2) is 102 Å². The summed E-state index contributed by atoms with van der Waals surface area (Å²) in [5.74, 6) is 0. The van der Waals surface area contributed by atoms with E-state index < -0.39 is 89.3 Å². The first kappa shape index (κ1) is 54.0. The molecule has 0 bridgehead atoms. The van der Waals surface area contributed by atoms with Gasteiger partial charge in [0.25, 0.3) is 0 Å². The second-order valence-corrected chi connectivity index (χ2v) is 10.2. The average Bonchev–Trinajstić information content (AvgIpc) is 2.45. The van der Waals surface area contributed by atoms with Gasteiger partial charge in [0.15, 0.2) is 6.10 Å². The number of rotatable bonds is 11. The van der Waals surface area contributed by atoms with Crippen molar-refractivity contribution in [1.82, 2.24) is 0 Å². The number of hydrogen-bond acceptors (Lipinski definition) is 21. The molecule has 1 unspecified atom stereocenters. The summed E-state index contributed by atoms with van der Waals surface area (Å²) in [6.07, 6.45) is -15.1. The molecule has 1 heterocycles. The van der Waals surface area contributed by atoms with E-state index in [4.69, 9.17) is 0 Å². The van der Waals surface area contributed by atoms with Gasteiger partial charge < -0.3 is 27.5 Å². The van der Waals surface area contributed by atoms with Crippen LogP contribution in [0.1, 0.15) is 0 Å². The third-order valence-corrected chi connectivity index (χ3v) is 5.09. The average molecular weight is 771 g/mol. The van der Waals surface area contributed by atoms with Gasteiger partial charge in [0, 0.05) is 0 Å². The maximum absolute atomic E-state index is 11.0. The molecule has 0 saturated carbocycles. The molecule has 0 amide bonds. The van der Waals surface area contributed by atoms with Crippen LogP contribution in [0.15, 0.2) is 0 Å². The molecule has 31 heteroatoms. The van der Waals surface area contributed by atoms with Gasteiger partial charge in [-0.15, -0.1) is 0 Å². The zero-order valence-corrected chi connectivity index (χ0v) is 38.9. The molecule has 1 aliphatic heterocycles. The Morgan fingerprint density at radius 2 is 0.811 bits per heavy atom. The molecule has 192 valence electrons. The molecular weight excluding hydrogens is 764 g/mol. The van der Waals surface area contributed by atoms with Crippen LogP contribution in [0.3, 0.4) is 0 Å². The first-order chi connectivity index (χ1) is 14.0. The van der Waals surface area contributed by atoms with E-state index in [2.05, 4.69) is 25.7 Å². The summed E-state index contributed by atoms with van der Waals surface area (Å²) in [4.78, 5) is 0. The van der Waals surface area contributed by atoms with Crippen LogP contribution in [0.25, 0.3) is 0 Å². The third kappa shape index (κ3) is 26.2. The molecule has 0 radical (unpaired) electrons. The van der Waals surface area contributed by atoms with Crippen molar-refractivity contribution in [3.05, 3.63) is 0 Å². The van der Waals surface area contributed by atoms with Crippen LogP contribution in [0, 0.1) is 0 Å². The molecule has 21 nitrogen and oxygen atoms in total. The number of ether oxygens (including phenoxy) is 1. The van der Waals surface area contributed by atoms with Crippen molar-refractivity contribution in [1.29, 1.82) is 0 Å². The monoisotopic (exact) mass is 770 g/mol. The van der Waals surface area contributed by atoms with E-state index >= 15 is 0 Å². The normalized spacial score (nSPS) is 24.6. The van der Waals surface area contributed by atoms with E-state index in [1.807, 2.05) is 0 Å². The molecule has 0 aromatic rings. The van der Waals surface area contributed by atoms with Crippen molar-refractivity contribution < 1.29 is 347 Å². The summed E-state index contributed by atoms with van der Waals surface area (Å²) in [6, 6.07) is 0. The predicted molar refractivity (Wildman–Crippen MR) is 78.8 cm³/mol. The smallest absolute Gasteiger partial charge is 0.726 e. The van der Waals surface area contributed by atoms with Crippen molar-refractivity contribution in [3.8, 4) is 0 Å². The Hall–Kier alpha value is 7.49. The van der Waals surface area contributed by atoms with Crippen LogP contribution < -0.4 is 257 Å². The molecule has 1 saturated heterocycles. The molecule has 0 N–H and O–H groups in total. The molecule has 0 aromatic heterocycles. The maximum atomic E-state index is 11.0. The Bertz CT molecular complexity index is 1210. The second kappa shape index (κ2) is 22.2. The van der Waals surface area contributed by atoms with Crippen molar-refractivity contribution in [2.75, 3.05) is 6.61 Å². The summed E-state index contributed by atoms with van der Waals surface area (Å²) in [6.45, 7) is -1.76. The van der Waals surface area contributed by atoms with Gasteiger partial charge in [0.2, 0.25) is 58.3 Å². The zero-order valence-electron chi connectivity index (χ0n) is 19.2. The quantitative estimate of drug-likeness (QED) is 0.107. The van der Waals surface area contributed by atoms with Crippen LogP contribution >= 0.6 is 0 Å². The van der Waals surface area contributed by atoms with Crippen molar-refractivity contribution >= 4 is 52.0 Å². The number of hydrogen-bond donors (Lipinski definition) is 0. The summed E-state index contributed by atoms with van der Waals surface area (Å²) in [5.41, 5.74) is 0. The second-order valence-electron chi connectivity index (χ2n) is 5.15. The third-order valence-electron chi connectivity index (χ3n) is 2.87. The Balaban J connectivity index is -0.000000683. The topological polar surface area (TPSA) is 341 Å². The maximum Gasteiger partial charge on any atom is 1.00 e. The molecular formula is C6H7K5O21S5. The largest absolute Gasteiger partial charge is 1.00 e. The van der Waals surface area contributed by atoms with E-state index in [0.29, 0.717) is 0 Å². The van der Waals surface area contributed by atoms with Gasteiger partial charge in [0.1, 0.15) is 18.3 Å². The van der Waals surface area contributed by atoms with Crippen molar-refractivity contribution in [3.63, 3.8) is 0 Å². The van der Waals surface area contributed by atoms with Gasteiger partial charge in [-0.25, -0.2) is 46.3 Å². The molecule has 0 aliphatic carbocycles. The Morgan fingerprint density at radius 1 is 0.486 bits per heavy atom. The Labute approximate surface area is 424 Å². The van der Waals surface area contributed by atoms with Crippen molar-refractivity contribution in [2.24, 2.45) is 0 Å². The van der Waals surface area contributed by atoms with E-state index in [9.17, 15) is 64.9 Å². The van der Waals surface area contributed by atoms with E-state index in [0.717, 1.165) is 0 Å². The SMILES string of the molecule is O=S(=O)([O-])OC[C@H]1OC(OS(=O)(=O)[O-])[C@H](OS(=O)(=O)[O-])[C@@H](OS(=O)(=O)[O-])[C@@H]1OS(=O)(=O)[O-].[K+].[K+].[K+].[K+].[K+]. The molecule has 0 aromatic carbocycles. The summed E-state index contributed by atoms with van der Waals surface area (Å²) < 4.78 is 185. The first-order valence-electron chi connectivity index (χ1n) is 6.78. The molecule has 0 spiro atoms. The zero-order chi connectivity index (χ0) is 25.3. The molecule has 1 fully saturated rings. The molecule has 1 rings (SSSR count). The fourth-order valence-corrected chi connectivity index (χ4v) is 4.25. The van der Waals surface area contributed by atoms with Gasteiger partial charge in [-0.2, -0.15) is 0 Å². The van der Waals surface area contributed by atoms with Gasteiger partial charge in [-0.05, 0) is 0 Å². The minimum Gasteiger partial charge on any atom is -0.726 e. The van der Waals surface area contributed by atoms with Gasteiger partial charge in [-0.1, -0.05) is 0 Å². The van der Waals surface area contributed by atoms with Crippen LogP contribution in [0.4, 0.5) is 0 Å². The van der Waals surface area contributed by atoms with Crippen LogP contribution in [-0.2, 0) is 77.6 Å². The standard InChI is InChI=1S/C6H12O21S5.5K/c7-28(8,9)22-1-2-3(24-29(10,11)12)4(25-30(13,14)15)5(26-31(16,17)18)6(23-2)27-32(19,20)21;;;;;/h2-6H,1H2,(H,7,8,9)(H,10,11,12)(H,13,14,15)(H,16,17,18)(H,19,20,21);;;;;/q;5*+1/p-5/t2-,3-,4+,5-,6?;;;;;/m1...../s1. The predicted octanol–water partition coefficient (Wildman–Crippen LogP) is -20.8. The summed E-state index contributed by atoms with van der Waals surface area (Å²) in [5, 5.41) is 0. The fraction of sp³-hybridized carbons (Fsp3) is 1.00. The van der Waals surface area contributed by atoms with Gasteiger partial charge >= 0.3 is 257 Å². The van der Waals surface area contributed by atoms with E-state index in [1.54, 1.807) is 0 Å².